The predicted molar refractivity (Wildman–Crippen MR) is 85.7 cm³/mol. The topological polar surface area (TPSA) is 31.4 Å². The van der Waals surface area contributed by atoms with Gasteiger partial charge in [0.05, 0.1) is 12.2 Å². The molecule has 3 nitrogen and oxygen atoms in total. The van der Waals surface area contributed by atoms with Gasteiger partial charge in [0, 0.05) is 31.7 Å². The summed E-state index contributed by atoms with van der Waals surface area (Å²) in [5.74, 6) is 2.08. The molecule has 0 saturated heterocycles. The van der Waals surface area contributed by atoms with Crippen molar-refractivity contribution in [2.45, 2.75) is 18.8 Å². The number of thiazole rings is 1. The molecular weight excluding hydrogens is 282 g/mol. The Hall–Kier alpha value is -1.39. The monoisotopic (exact) mass is 302 g/mol. The summed E-state index contributed by atoms with van der Waals surface area (Å²) in [6.07, 6.45) is 3.90. The van der Waals surface area contributed by atoms with Crippen LogP contribution >= 0.6 is 11.3 Å². The second kappa shape index (κ2) is 6.58. The number of aromatic nitrogens is 1. The highest BCUT2D eigenvalue weighted by Gasteiger charge is 2.34. The van der Waals surface area contributed by atoms with Crippen LogP contribution in [0, 0.1) is 12.8 Å². The molecule has 1 radical (unpaired) electrons. The number of ether oxygens (including phenoxy) is 2. The zero-order valence-corrected chi connectivity index (χ0v) is 13.1. The van der Waals surface area contributed by atoms with Crippen molar-refractivity contribution in [1.82, 2.24) is 4.98 Å². The first kappa shape index (κ1) is 14.5. The molecule has 0 bridgehead atoms. The summed E-state index contributed by atoms with van der Waals surface area (Å²) in [6.45, 7) is 5.51. The maximum Gasteiger partial charge on any atom is 0.129 e. The first-order valence-corrected chi connectivity index (χ1v) is 8.16. The molecule has 2 atom stereocenters. The van der Waals surface area contributed by atoms with Gasteiger partial charge in [0.25, 0.3) is 0 Å². The van der Waals surface area contributed by atoms with Crippen molar-refractivity contribution < 1.29 is 9.47 Å². The maximum absolute atomic E-state index is 5.98. The summed E-state index contributed by atoms with van der Waals surface area (Å²) in [4.78, 5) is 4.40. The minimum absolute atomic E-state index is 0.553. The Bertz CT molecular complexity index is 582. The first-order chi connectivity index (χ1) is 10.3. The van der Waals surface area contributed by atoms with E-state index in [-0.39, 0.29) is 0 Å². The molecule has 1 aromatic heterocycles. The van der Waals surface area contributed by atoms with Crippen LogP contribution in [0.2, 0.25) is 0 Å². The molecule has 1 aromatic carbocycles. The van der Waals surface area contributed by atoms with Gasteiger partial charge in [-0.15, -0.1) is 11.3 Å². The van der Waals surface area contributed by atoms with E-state index in [1.807, 2.05) is 11.6 Å². The zero-order valence-electron chi connectivity index (χ0n) is 12.2. The Labute approximate surface area is 129 Å². The SMILES string of the molecule is [CH2]C1CC1c1ccc(-c2nccs2)c(OCCCOC)c1. The van der Waals surface area contributed by atoms with E-state index < -0.39 is 0 Å². The smallest absolute Gasteiger partial charge is 0.129 e. The van der Waals surface area contributed by atoms with Gasteiger partial charge in [-0.2, -0.15) is 0 Å². The van der Waals surface area contributed by atoms with Crippen molar-refractivity contribution >= 4 is 11.3 Å². The summed E-state index contributed by atoms with van der Waals surface area (Å²) in [6, 6.07) is 6.48. The van der Waals surface area contributed by atoms with Gasteiger partial charge in [-0.25, -0.2) is 4.98 Å². The van der Waals surface area contributed by atoms with Crippen molar-refractivity contribution in [1.29, 1.82) is 0 Å². The Kier molecular flexibility index (Phi) is 4.56. The number of hydrogen-bond acceptors (Lipinski definition) is 4. The molecule has 0 N–H and O–H groups in total. The van der Waals surface area contributed by atoms with E-state index >= 15 is 0 Å². The Morgan fingerprint density at radius 1 is 1.38 bits per heavy atom. The highest BCUT2D eigenvalue weighted by Crippen LogP contribution is 2.48. The van der Waals surface area contributed by atoms with Crippen LogP contribution in [0.25, 0.3) is 10.6 Å². The number of hydrogen-bond donors (Lipinski definition) is 0. The van der Waals surface area contributed by atoms with E-state index in [1.54, 1.807) is 18.4 Å². The van der Waals surface area contributed by atoms with Crippen LogP contribution < -0.4 is 4.74 Å². The minimum atomic E-state index is 0.553. The third-order valence-corrected chi connectivity index (χ3v) is 4.58. The number of methoxy groups -OCH3 is 1. The molecule has 4 heteroatoms. The van der Waals surface area contributed by atoms with Crippen molar-refractivity contribution in [2.75, 3.05) is 20.3 Å². The third-order valence-electron chi connectivity index (χ3n) is 3.77. The van der Waals surface area contributed by atoms with Gasteiger partial charge in [-0.3, -0.25) is 0 Å². The highest BCUT2D eigenvalue weighted by molar-refractivity contribution is 7.13. The van der Waals surface area contributed by atoms with Gasteiger partial charge >= 0.3 is 0 Å². The molecule has 21 heavy (non-hydrogen) atoms. The lowest BCUT2D eigenvalue weighted by Crippen LogP contribution is -2.02. The summed E-state index contributed by atoms with van der Waals surface area (Å²) in [5, 5.41) is 3.00. The number of rotatable bonds is 7. The molecular formula is C17H20NO2S. The number of nitrogens with zero attached hydrogens (tertiary/aromatic N) is 1. The molecule has 2 unspecified atom stereocenters. The van der Waals surface area contributed by atoms with Crippen molar-refractivity contribution in [3.63, 3.8) is 0 Å². The minimum Gasteiger partial charge on any atom is -0.493 e. The molecule has 3 rings (SSSR count). The zero-order chi connectivity index (χ0) is 14.7. The maximum atomic E-state index is 5.98. The van der Waals surface area contributed by atoms with Crippen LogP contribution in [0.15, 0.2) is 29.8 Å². The van der Waals surface area contributed by atoms with E-state index in [0.717, 1.165) is 29.3 Å². The molecule has 2 aromatic rings. The molecule has 0 aliphatic heterocycles. The third kappa shape index (κ3) is 3.44. The first-order valence-electron chi connectivity index (χ1n) is 7.28. The average Bonchev–Trinajstić information content (AvgIpc) is 3.01. The molecule has 1 saturated carbocycles. The fourth-order valence-corrected chi connectivity index (χ4v) is 3.13. The Morgan fingerprint density at radius 3 is 2.90 bits per heavy atom. The summed E-state index contributed by atoms with van der Waals surface area (Å²) in [5.41, 5.74) is 2.41. The van der Waals surface area contributed by atoms with E-state index in [0.29, 0.717) is 18.4 Å². The fourth-order valence-electron chi connectivity index (χ4n) is 2.46. The van der Waals surface area contributed by atoms with Gasteiger partial charge in [0.2, 0.25) is 0 Å². The van der Waals surface area contributed by atoms with Crippen LogP contribution in [0.5, 0.6) is 5.75 Å². The Balaban J connectivity index is 1.81. The largest absolute Gasteiger partial charge is 0.493 e. The van der Waals surface area contributed by atoms with E-state index in [4.69, 9.17) is 9.47 Å². The van der Waals surface area contributed by atoms with Crippen LogP contribution in [0.1, 0.15) is 24.3 Å². The highest BCUT2D eigenvalue weighted by atomic mass is 32.1. The molecule has 111 valence electrons. The van der Waals surface area contributed by atoms with Gasteiger partial charge in [-0.1, -0.05) is 6.07 Å². The van der Waals surface area contributed by atoms with Gasteiger partial charge in [0.15, 0.2) is 0 Å². The standard InChI is InChI=1S/C17H20NO2S/c1-12-10-15(12)13-4-5-14(17-18-6-9-21-17)16(11-13)20-8-3-7-19-2/h4-6,9,11-12,15H,1,3,7-8,10H2,2H3. The summed E-state index contributed by atoms with van der Waals surface area (Å²) < 4.78 is 11.1. The van der Waals surface area contributed by atoms with Crippen LogP contribution in [-0.2, 0) is 4.74 Å². The van der Waals surface area contributed by atoms with Gasteiger partial charge in [0.1, 0.15) is 10.8 Å². The van der Waals surface area contributed by atoms with E-state index in [2.05, 4.69) is 30.1 Å². The second-order valence-electron chi connectivity index (χ2n) is 5.39. The van der Waals surface area contributed by atoms with Crippen LogP contribution in [0.4, 0.5) is 0 Å². The second-order valence-corrected chi connectivity index (χ2v) is 6.28. The quantitative estimate of drug-likeness (QED) is 0.720. The molecule has 0 amide bonds. The fraction of sp³-hybridized carbons (Fsp3) is 0.412. The molecule has 1 aliphatic carbocycles. The average molecular weight is 302 g/mol. The van der Waals surface area contributed by atoms with Crippen LogP contribution in [-0.4, -0.2) is 25.3 Å². The number of benzene rings is 1. The van der Waals surface area contributed by atoms with Gasteiger partial charge in [-0.05, 0) is 42.9 Å². The lowest BCUT2D eigenvalue weighted by atomic mass is 10.1. The van der Waals surface area contributed by atoms with Crippen molar-refractivity contribution in [3.8, 4) is 16.3 Å². The molecule has 1 fully saturated rings. The van der Waals surface area contributed by atoms with Crippen LogP contribution in [0.3, 0.4) is 0 Å². The molecule has 0 spiro atoms. The van der Waals surface area contributed by atoms with Gasteiger partial charge < -0.3 is 9.47 Å². The van der Waals surface area contributed by atoms with Crippen molar-refractivity contribution in [3.05, 3.63) is 42.3 Å². The molecule has 1 aliphatic rings. The molecule has 1 heterocycles. The normalized spacial score (nSPS) is 20.5. The van der Waals surface area contributed by atoms with Crippen molar-refractivity contribution in [2.24, 2.45) is 5.92 Å². The Morgan fingerprint density at radius 2 is 2.24 bits per heavy atom. The lowest BCUT2D eigenvalue weighted by molar-refractivity contribution is 0.172. The lowest BCUT2D eigenvalue weighted by Gasteiger charge is -2.12. The summed E-state index contributed by atoms with van der Waals surface area (Å²) >= 11 is 1.64. The predicted octanol–water partition coefficient (Wildman–Crippen LogP) is 4.16. The summed E-state index contributed by atoms with van der Waals surface area (Å²) in [7, 11) is 1.71. The van der Waals surface area contributed by atoms with E-state index in [9.17, 15) is 0 Å². The van der Waals surface area contributed by atoms with E-state index in [1.165, 1.54) is 12.0 Å².